The SMILES string of the molecule is C=C[SiH3].C[Si](C)(C)[O]. The lowest BCUT2D eigenvalue weighted by molar-refractivity contribution is 0.436. The second-order valence-corrected chi connectivity index (χ2v) is 7.56. The zero-order chi connectivity index (χ0) is 7.21. The van der Waals surface area contributed by atoms with Gasteiger partial charge in [-0.2, -0.15) is 0 Å². The lowest BCUT2D eigenvalue weighted by atomic mass is 11.3. The van der Waals surface area contributed by atoms with Gasteiger partial charge in [-0.3, -0.25) is 4.80 Å². The van der Waals surface area contributed by atoms with E-state index in [1.165, 1.54) is 0 Å². The second-order valence-electron chi connectivity index (χ2n) is 2.52. The van der Waals surface area contributed by atoms with Gasteiger partial charge in [0.15, 0.2) is 0 Å². The van der Waals surface area contributed by atoms with Gasteiger partial charge in [0.25, 0.3) is 0 Å². The van der Waals surface area contributed by atoms with Gasteiger partial charge in [-0.25, -0.2) is 0 Å². The first-order chi connectivity index (χ1) is 3.41. The summed E-state index contributed by atoms with van der Waals surface area (Å²) < 4.78 is 0. The van der Waals surface area contributed by atoms with Gasteiger partial charge in [0.2, 0.25) is 8.32 Å². The third kappa shape index (κ3) is 9030. The zero-order valence-electron chi connectivity index (χ0n) is 6.19. The highest BCUT2D eigenvalue weighted by molar-refractivity contribution is 6.68. The fourth-order valence-electron chi connectivity index (χ4n) is 0. The summed E-state index contributed by atoms with van der Waals surface area (Å²) in [6.45, 7) is 8.74. The average Bonchev–Trinajstić information content (AvgIpc) is 1.27. The van der Waals surface area contributed by atoms with Crippen molar-refractivity contribution in [1.82, 2.24) is 0 Å². The van der Waals surface area contributed by atoms with Crippen molar-refractivity contribution in [2.24, 2.45) is 0 Å². The third-order valence-electron chi connectivity index (χ3n) is 0. The van der Waals surface area contributed by atoms with E-state index in [2.05, 4.69) is 6.58 Å². The molecule has 0 heterocycles. The van der Waals surface area contributed by atoms with Crippen LogP contribution < -0.4 is 0 Å². The Morgan fingerprint density at radius 2 is 1.50 bits per heavy atom. The Bertz CT molecular complexity index is 49.9. The van der Waals surface area contributed by atoms with Crippen molar-refractivity contribution in [2.45, 2.75) is 19.6 Å². The summed E-state index contributed by atoms with van der Waals surface area (Å²) in [7, 11) is -0.728. The molecule has 8 heavy (non-hydrogen) atoms. The summed E-state index contributed by atoms with van der Waals surface area (Å²) in [5.41, 5.74) is 1.89. The number of hydrogen-bond donors (Lipinski definition) is 0. The van der Waals surface area contributed by atoms with E-state index in [0.717, 1.165) is 10.2 Å². The molecule has 0 aromatic carbocycles. The molecule has 0 fully saturated rings. The molecule has 1 radical (unpaired) electrons. The van der Waals surface area contributed by atoms with Crippen molar-refractivity contribution in [3.05, 3.63) is 12.3 Å². The highest BCUT2D eigenvalue weighted by Crippen LogP contribution is 1.90. The quantitative estimate of drug-likeness (QED) is 0.451. The maximum absolute atomic E-state index is 10.2. The topological polar surface area (TPSA) is 19.9 Å². The monoisotopic (exact) mass is 147 g/mol. The van der Waals surface area contributed by atoms with Gasteiger partial charge in [-0.15, -0.1) is 12.3 Å². The molecule has 0 bridgehead atoms. The summed E-state index contributed by atoms with van der Waals surface area (Å²) in [5.74, 6) is 0. The van der Waals surface area contributed by atoms with Crippen molar-refractivity contribution < 1.29 is 4.80 Å². The second kappa shape index (κ2) is 5.27. The molecular weight excluding hydrogens is 132 g/mol. The molecule has 0 rings (SSSR count). The van der Waals surface area contributed by atoms with E-state index < -0.39 is 8.32 Å². The first-order valence-electron chi connectivity index (χ1n) is 2.69. The Hall–Kier alpha value is 0.134. The molecule has 0 unspecified atom stereocenters. The Kier molecular flexibility index (Phi) is 7.25. The molecule has 0 spiro atoms. The van der Waals surface area contributed by atoms with Crippen molar-refractivity contribution in [2.75, 3.05) is 0 Å². The van der Waals surface area contributed by atoms with Gasteiger partial charge in [0.05, 0.1) is 0 Å². The lowest BCUT2D eigenvalue weighted by Crippen LogP contribution is -2.14. The van der Waals surface area contributed by atoms with Crippen LogP contribution in [-0.4, -0.2) is 18.6 Å². The van der Waals surface area contributed by atoms with Crippen LogP contribution in [0.25, 0.3) is 0 Å². The minimum atomic E-state index is -1.86. The highest BCUT2D eigenvalue weighted by Gasteiger charge is 2.07. The van der Waals surface area contributed by atoms with Crippen LogP contribution in [0.1, 0.15) is 0 Å². The average molecular weight is 147 g/mol. The Labute approximate surface area is 56.0 Å². The maximum atomic E-state index is 10.2. The standard InChI is InChI=1S/C3H9OSi.C2H6Si/c1-5(2,3)4;1-2-3/h1-3H3;2H,1H2,3H3. The van der Waals surface area contributed by atoms with Gasteiger partial charge in [0, 0.05) is 10.2 Å². The minimum Gasteiger partial charge on any atom is -0.298 e. The van der Waals surface area contributed by atoms with Crippen molar-refractivity contribution in [1.29, 1.82) is 0 Å². The fourth-order valence-corrected chi connectivity index (χ4v) is 0. The van der Waals surface area contributed by atoms with Crippen LogP contribution in [0.5, 0.6) is 0 Å². The van der Waals surface area contributed by atoms with Gasteiger partial charge >= 0.3 is 0 Å². The summed E-state index contributed by atoms with van der Waals surface area (Å²) >= 11 is 0. The molecule has 0 aliphatic rings. The summed E-state index contributed by atoms with van der Waals surface area (Å²) in [6.07, 6.45) is 0. The van der Waals surface area contributed by atoms with Crippen LogP contribution in [0, 0.1) is 0 Å². The first kappa shape index (κ1) is 11.0. The third-order valence-corrected chi connectivity index (χ3v) is 0. The molecule has 3 heteroatoms. The molecule has 0 aromatic rings. The highest BCUT2D eigenvalue weighted by atomic mass is 28.4. The van der Waals surface area contributed by atoms with E-state index in [-0.39, 0.29) is 0 Å². The zero-order valence-corrected chi connectivity index (χ0v) is 9.19. The van der Waals surface area contributed by atoms with Crippen molar-refractivity contribution in [3.8, 4) is 0 Å². The summed E-state index contributed by atoms with van der Waals surface area (Å²) in [5, 5.41) is 0. The normalized spacial score (nSPS) is 9.50. The van der Waals surface area contributed by atoms with E-state index in [0.29, 0.717) is 0 Å². The molecule has 0 saturated heterocycles. The van der Waals surface area contributed by atoms with Gasteiger partial charge < -0.3 is 0 Å². The number of hydrogen-bond acceptors (Lipinski definition) is 0. The Morgan fingerprint density at radius 1 is 1.50 bits per heavy atom. The van der Waals surface area contributed by atoms with Crippen LogP contribution in [0.2, 0.25) is 19.6 Å². The predicted molar refractivity (Wildman–Crippen MR) is 44.2 cm³/mol. The molecule has 0 atom stereocenters. The van der Waals surface area contributed by atoms with Crippen molar-refractivity contribution >= 4 is 18.6 Å². The predicted octanol–water partition coefficient (Wildman–Crippen LogP) is 0.747. The maximum Gasteiger partial charge on any atom is 0.228 e. The van der Waals surface area contributed by atoms with E-state index in [1.54, 1.807) is 19.6 Å². The van der Waals surface area contributed by atoms with E-state index >= 15 is 0 Å². The van der Waals surface area contributed by atoms with E-state index in [1.807, 2.05) is 5.70 Å². The Morgan fingerprint density at radius 3 is 1.50 bits per heavy atom. The van der Waals surface area contributed by atoms with Crippen LogP contribution in [0.3, 0.4) is 0 Å². The summed E-state index contributed by atoms with van der Waals surface area (Å²) in [4.78, 5) is 10.2. The minimum absolute atomic E-state index is 1.13. The number of rotatable bonds is 0. The molecular formula is C5H15OSi2. The molecule has 0 saturated carbocycles. The molecule has 1 nitrogen and oxygen atoms in total. The molecule has 0 N–H and O–H groups in total. The molecule has 0 amide bonds. The van der Waals surface area contributed by atoms with Crippen LogP contribution in [0.15, 0.2) is 12.3 Å². The van der Waals surface area contributed by atoms with Crippen LogP contribution in [-0.2, 0) is 4.80 Å². The Balaban J connectivity index is 0. The largest absolute Gasteiger partial charge is 0.298 e. The van der Waals surface area contributed by atoms with E-state index in [9.17, 15) is 4.80 Å². The molecule has 0 aromatic heterocycles. The molecule has 0 aliphatic carbocycles. The van der Waals surface area contributed by atoms with Gasteiger partial charge in [0.1, 0.15) is 0 Å². The molecule has 49 valence electrons. The van der Waals surface area contributed by atoms with Crippen molar-refractivity contribution in [3.63, 3.8) is 0 Å². The van der Waals surface area contributed by atoms with E-state index in [4.69, 9.17) is 0 Å². The smallest absolute Gasteiger partial charge is 0.228 e. The van der Waals surface area contributed by atoms with Crippen LogP contribution >= 0.6 is 0 Å². The first-order valence-corrected chi connectivity index (χ1v) is 7.25. The van der Waals surface area contributed by atoms with Gasteiger partial charge in [-0.05, 0) is 19.6 Å². The fraction of sp³-hybridized carbons (Fsp3) is 0.600. The summed E-state index contributed by atoms with van der Waals surface area (Å²) in [6, 6.07) is 0. The van der Waals surface area contributed by atoms with Crippen LogP contribution in [0.4, 0.5) is 0 Å². The van der Waals surface area contributed by atoms with Gasteiger partial charge in [-0.1, -0.05) is 0 Å². The molecule has 0 aliphatic heterocycles. The lowest BCUT2D eigenvalue weighted by Gasteiger charge is -1.95.